The largest absolute Gasteiger partial charge is 0.370 e. The number of aryl methyl sites for hydroxylation is 2. The summed E-state index contributed by atoms with van der Waals surface area (Å²) in [5.74, 6) is 0.105. The zero-order valence-electron chi connectivity index (χ0n) is 14.0. The Labute approximate surface area is 174 Å². The molecule has 0 saturated carbocycles. The zero-order valence-corrected chi connectivity index (χ0v) is 18.7. The number of nitrogens with one attached hydrogen (secondary N) is 1. The number of sulfone groups is 1. The molecule has 8 heteroatoms. The van der Waals surface area contributed by atoms with E-state index in [9.17, 15) is 8.42 Å². The third kappa shape index (κ3) is 6.59. The Morgan fingerprint density at radius 2 is 1.76 bits per heavy atom. The lowest BCUT2D eigenvalue weighted by Crippen LogP contribution is -2.24. The summed E-state index contributed by atoms with van der Waals surface area (Å²) >= 11 is 3.28. The average molecular weight is 538 g/mol. The van der Waals surface area contributed by atoms with Gasteiger partial charge in [-0.25, -0.2) is 8.42 Å². The maximum Gasteiger partial charge on any atom is 0.193 e. The van der Waals surface area contributed by atoms with Crippen LogP contribution in [0.1, 0.15) is 11.1 Å². The van der Waals surface area contributed by atoms with Crippen molar-refractivity contribution in [1.82, 2.24) is 0 Å². The van der Waals surface area contributed by atoms with Gasteiger partial charge in [0, 0.05) is 10.2 Å². The van der Waals surface area contributed by atoms with Gasteiger partial charge in [-0.05, 0) is 61.4 Å². The number of nitrogens with two attached hydrogens (primary N) is 1. The highest BCUT2D eigenvalue weighted by molar-refractivity contribution is 14.0. The van der Waals surface area contributed by atoms with Crippen molar-refractivity contribution in [3.8, 4) is 0 Å². The van der Waals surface area contributed by atoms with Gasteiger partial charge in [-0.15, -0.1) is 24.0 Å². The summed E-state index contributed by atoms with van der Waals surface area (Å²) < 4.78 is 25.3. The van der Waals surface area contributed by atoms with Crippen molar-refractivity contribution in [3.63, 3.8) is 0 Å². The third-order valence-corrected chi connectivity index (χ3v) is 5.83. The van der Waals surface area contributed by atoms with Crippen molar-refractivity contribution in [2.45, 2.75) is 18.7 Å². The van der Waals surface area contributed by atoms with Gasteiger partial charge in [0.2, 0.25) is 0 Å². The number of benzene rings is 2. The summed E-state index contributed by atoms with van der Waals surface area (Å²) in [7, 11) is -3.37. The minimum absolute atomic E-state index is 0. The van der Waals surface area contributed by atoms with E-state index in [0.29, 0.717) is 0 Å². The number of guanidine groups is 1. The van der Waals surface area contributed by atoms with E-state index in [0.717, 1.165) is 15.7 Å². The molecule has 0 atom stereocenters. The number of hydrogen-bond acceptors (Lipinski definition) is 3. The molecule has 136 valence electrons. The smallest absolute Gasteiger partial charge is 0.193 e. The number of nitrogens with zero attached hydrogens (tertiary/aromatic N) is 1. The van der Waals surface area contributed by atoms with E-state index in [2.05, 4.69) is 26.2 Å². The van der Waals surface area contributed by atoms with Crippen LogP contribution in [0, 0.1) is 13.8 Å². The van der Waals surface area contributed by atoms with Crippen LogP contribution < -0.4 is 11.1 Å². The monoisotopic (exact) mass is 537 g/mol. The quantitative estimate of drug-likeness (QED) is 0.344. The summed E-state index contributed by atoms with van der Waals surface area (Å²) in [4.78, 5) is 4.37. The van der Waals surface area contributed by atoms with Crippen LogP contribution in [0.4, 0.5) is 5.69 Å². The maximum atomic E-state index is 12.2. The predicted octanol–water partition coefficient (Wildman–Crippen LogP) is 3.88. The number of halogens is 2. The van der Waals surface area contributed by atoms with Gasteiger partial charge in [0.05, 0.1) is 17.2 Å². The lowest BCUT2D eigenvalue weighted by Gasteiger charge is -2.08. The predicted molar refractivity (Wildman–Crippen MR) is 118 cm³/mol. The summed E-state index contributed by atoms with van der Waals surface area (Å²) in [6.45, 7) is 4.14. The Bertz CT molecular complexity index is 853. The molecule has 0 bridgehead atoms. The highest BCUT2D eigenvalue weighted by Gasteiger charge is 2.13. The molecule has 0 fully saturated rings. The van der Waals surface area contributed by atoms with Crippen molar-refractivity contribution >= 4 is 61.4 Å². The number of rotatable bonds is 5. The molecule has 0 radical (unpaired) electrons. The van der Waals surface area contributed by atoms with Crippen LogP contribution in [0.3, 0.4) is 0 Å². The molecule has 0 heterocycles. The molecule has 0 saturated heterocycles. The second-order valence-electron chi connectivity index (χ2n) is 5.46. The number of hydrogen-bond donors (Lipinski definition) is 2. The van der Waals surface area contributed by atoms with Crippen LogP contribution in [-0.4, -0.2) is 26.7 Å². The fourth-order valence-electron chi connectivity index (χ4n) is 2.05. The second kappa shape index (κ2) is 9.54. The summed E-state index contributed by atoms with van der Waals surface area (Å²) in [5, 5.41) is 2.97. The van der Waals surface area contributed by atoms with E-state index in [-0.39, 0.29) is 47.1 Å². The Morgan fingerprint density at radius 3 is 2.36 bits per heavy atom. The van der Waals surface area contributed by atoms with E-state index in [1.807, 2.05) is 32.0 Å². The van der Waals surface area contributed by atoms with E-state index in [1.54, 1.807) is 24.3 Å². The molecule has 3 N–H and O–H groups in total. The summed E-state index contributed by atoms with van der Waals surface area (Å²) in [6.07, 6.45) is 0. The molecule has 0 spiro atoms. The molecule has 5 nitrogen and oxygen atoms in total. The molecule has 0 aromatic heterocycles. The average Bonchev–Trinajstić information content (AvgIpc) is 2.51. The van der Waals surface area contributed by atoms with E-state index < -0.39 is 9.84 Å². The highest BCUT2D eigenvalue weighted by atomic mass is 127. The molecule has 2 aromatic rings. The molecular formula is C17H21BrIN3O2S. The van der Waals surface area contributed by atoms with Gasteiger partial charge in [-0.1, -0.05) is 22.0 Å². The normalized spacial score (nSPS) is 11.7. The van der Waals surface area contributed by atoms with Gasteiger partial charge in [-0.2, -0.15) is 0 Å². The molecule has 0 aliphatic carbocycles. The van der Waals surface area contributed by atoms with Crippen LogP contribution in [0.5, 0.6) is 0 Å². The maximum absolute atomic E-state index is 12.2. The van der Waals surface area contributed by atoms with Crippen LogP contribution in [0.25, 0.3) is 0 Å². The van der Waals surface area contributed by atoms with E-state index >= 15 is 0 Å². The molecule has 0 aliphatic heterocycles. The first-order valence-electron chi connectivity index (χ1n) is 7.40. The molecule has 2 rings (SSSR count). The van der Waals surface area contributed by atoms with Gasteiger partial charge in [0.15, 0.2) is 15.8 Å². The third-order valence-electron chi connectivity index (χ3n) is 3.59. The number of aliphatic imine (C=N–C) groups is 1. The SMILES string of the molecule is Cc1ccc(NC(N)=NCCS(=O)(=O)c2ccc(Br)cc2)cc1C.I. The first-order valence-corrected chi connectivity index (χ1v) is 9.85. The molecule has 0 unspecified atom stereocenters. The van der Waals surface area contributed by atoms with Crippen molar-refractivity contribution in [1.29, 1.82) is 0 Å². The van der Waals surface area contributed by atoms with E-state index in [1.165, 1.54) is 5.56 Å². The van der Waals surface area contributed by atoms with Gasteiger partial charge in [0.25, 0.3) is 0 Å². The number of anilines is 1. The van der Waals surface area contributed by atoms with Crippen molar-refractivity contribution < 1.29 is 8.42 Å². The Hall–Kier alpha value is -1.13. The van der Waals surface area contributed by atoms with Crippen molar-refractivity contribution in [2.24, 2.45) is 10.7 Å². The van der Waals surface area contributed by atoms with Gasteiger partial charge < -0.3 is 11.1 Å². The molecule has 0 amide bonds. The van der Waals surface area contributed by atoms with Gasteiger partial charge >= 0.3 is 0 Å². The van der Waals surface area contributed by atoms with Crippen LogP contribution in [0.2, 0.25) is 0 Å². The second-order valence-corrected chi connectivity index (χ2v) is 8.49. The molecule has 2 aromatic carbocycles. The van der Waals surface area contributed by atoms with Gasteiger partial charge in [-0.3, -0.25) is 4.99 Å². The first kappa shape index (κ1) is 21.9. The lowest BCUT2D eigenvalue weighted by molar-refractivity contribution is 0.596. The lowest BCUT2D eigenvalue weighted by atomic mass is 10.1. The standard InChI is InChI=1S/C17H20BrN3O2S.HI/c1-12-3-6-15(11-13(12)2)21-17(19)20-9-10-24(22,23)16-7-4-14(18)5-8-16;/h3-8,11H,9-10H2,1-2H3,(H3,19,20,21);1H. The minimum Gasteiger partial charge on any atom is -0.370 e. The highest BCUT2D eigenvalue weighted by Crippen LogP contribution is 2.16. The fourth-order valence-corrected chi connectivity index (χ4v) is 3.44. The summed E-state index contributed by atoms with van der Waals surface area (Å²) in [6, 6.07) is 12.4. The first-order chi connectivity index (χ1) is 11.3. The van der Waals surface area contributed by atoms with E-state index in [4.69, 9.17) is 5.73 Å². The van der Waals surface area contributed by atoms with Gasteiger partial charge in [0.1, 0.15) is 0 Å². The zero-order chi connectivity index (χ0) is 17.7. The Morgan fingerprint density at radius 1 is 1.12 bits per heavy atom. The topological polar surface area (TPSA) is 84.5 Å². The van der Waals surface area contributed by atoms with Crippen LogP contribution in [-0.2, 0) is 9.84 Å². The molecule has 25 heavy (non-hydrogen) atoms. The summed E-state index contributed by atoms with van der Waals surface area (Å²) in [5.41, 5.74) is 8.98. The molecule has 0 aliphatic rings. The van der Waals surface area contributed by atoms with Crippen LogP contribution in [0.15, 0.2) is 56.8 Å². The van der Waals surface area contributed by atoms with Crippen molar-refractivity contribution in [2.75, 3.05) is 17.6 Å². The Kier molecular flexibility index (Phi) is 8.36. The van der Waals surface area contributed by atoms with Crippen LogP contribution >= 0.6 is 39.9 Å². The molecular weight excluding hydrogens is 517 g/mol. The Balaban J connectivity index is 0.00000312. The fraction of sp³-hybridized carbons (Fsp3) is 0.235. The minimum atomic E-state index is -3.37. The van der Waals surface area contributed by atoms with Crippen molar-refractivity contribution in [3.05, 3.63) is 58.1 Å².